The average Bonchev–Trinajstić information content (AvgIpc) is 3.68. The number of hydrogen-bond donors (Lipinski definition) is 1. The fourth-order valence-corrected chi connectivity index (χ4v) is 6.36. The fourth-order valence-electron chi connectivity index (χ4n) is 5.84. The Kier molecular flexibility index (Phi) is 9.02. The van der Waals surface area contributed by atoms with Crippen LogP contribution in [-0.2, 0) is 29.7 Å². The highest BCUT2D eigenvalue weighted by Gasteiger charge is 2.28. The predicted octanol–water partition coefficient (Wildman–Crippen LogP) is 7.16. The van der Waals surface area contributed by atoms with Crippen LogP contribution in [0.15, 0.2) is 108 Å². The molecule has 0 spiro atoms. The van der Waals surface area contributed by atoms with E-state index in [4.69, 9.17) is 19.6 Å². The molecule has 2 N–H and O–H groups in total. The number of nitrogens with zero attached hydrogens (tertiary/aromatic N) is 3. The first-order valence-electron chi connectivity index (χ1n) is 15.3. The standard InChI is InChI=1S/C36H38N4O4S/c1-3-4-21-40-35(34(29-11-7-5-8-12-29)38-36(40)30-13-9-6-10-14-30)26(2)39(23-27-15-18-31(19-16-27)45(37,41)42)24-28-17-20-32-33(22-28)44-25-43-32/h5-20,22,26H,3-4,21,23-25H2,1-2H3,(H2,37,41,42). The SMILES string of the molecule is CCCCn1c(-c2ccccc2)nc(-c2ccccc2)c1C(C)N(Cc1ccc(S(N)(=O)=O)cc1)Cc1ccc2c(c1)OCO2. The molecule has 9 heteroatoms. The zero-order valence-electron chi connectivity index (χ0n) is 25.6. The van der Waals surface area contributed by atoms with Crippen molar-refractivity contribution in [1.82, 2.24) is 14.5 Å². The lowest BCUT2D eigenvalue weighted by molar-refractivity contribution is 0.173. The molecule has 2 heterocycles. The number of benzene rings is 4. The van der Waals surface area contributed by atoms with E-state index in [9.17, 15) is 8.42 Å². The molecule has 1 aliphatic heterocycles. The van der Waals surface area contributed by atoms with Gasteiger partial charge in [-0.2, -0.15) is 0 Å². The van der Waals surface area contributed by atoms with E-state index in [1.165, 1.54) is 0 Å². The van der Waals surface area contributed by atoms with Gasteiger partial charge in [-0.05, 0) is 48.7 Å². The molecule has 1 unspecified atom stereocenters. The van der Waals surface area contributed by atoms with Crippen molar-refractivity contribution in [2.45, 2.75) is 57.3 Å². The van der Waals surface area contributed by atoms with E-state index in [0.717, 1.165) is 70.4 Å². The van der Waals surface area contributed by atoms with Crippen molar-refractivity contribution in [3.63, 3.8) is 0 Å². The molecule has 1 aromatic heterocycles. The lowest BCUT2D eigenvalue weighted by atomic mass is 10.0. The smallest absolute Gasteiger partial charge is 0.238 e. The average molecular weight is 623 g/mol. The van der Waals surface area contributed by atoms with Crippen molar-refractivity contribution in [1.29, 1.82) is 0 Å². The molecule has 0 saturated heterocycles. The summed E-state index contributed by atoms with van der Waals surface area (Å²) in [5.41, 5.74) is 6.28. The monoisotopic (exact) mass is 622 g/mol. The van der Waals surface area contributed by atoms with Gasteiger partial charge in [0.2, 0.25) is 16.8 Å². The van der Waals surface area contributed by atoms with Gasteiger partial charge in [-0.1, -0.05) is 92.2 Å². The molecule has 232 valence electrons. The van der Waals surface area contributed by atoms with Gasteiger partial charge in [-0.25, -0.2) is 18.5 Å². The van der Waals surface area contributed by atoms with Gasteiger partial charge in [0.05, 0.1) is 22.3 Å². The Hall–Kier alpha value is -4.44. The zero-order valence-corrected chi connectivity index (χ0v) is 26.4. The third-order valence-corrected chi connectivity index (χ3v) is 9.15. The minimum absolute atomic E-state index is 0.0784. The quantitative estimate of drug-likeness (QED) is 0.159. The molecule has 1 aliphatic rings. The summed E-state index contributed by atoms with van der Waals surface area (Å²) in [6, 6.07) is 33.5. The maximum absolute atomic E-state index is 11.9. The lowest BCUT2D eigenvalue weighted by Crippen LogP contribution is -2.28. The summed E-state index contributed by atoms with van der Waals surface area (Å²) < 4.78 is 37.5. The Balaban J connectivity index is 1.47. The molecule has 0 fully saturated rings. The number of hydrogen-bond acceptors (Lipinski definition) is 6. The minimum Gasteiger partial charge on any atom is -0.454 e. The van der Waals surface area contributed by atoms with Gasteiger partial charge in [0.25, 0.3) is 0 Å². The van der Waals surface area contributed by atoms with Gasteiger partial charge in [-0.3, -0.25) is 4.90 Å². The van der Waals surface area contributed by atoms with Crippen molar-refractivity contribution in [3.05, 3.63) is 120 Å². The molecular weight excluding hydrogens is 584 g/mol. The van der Waals surface area contributed by atoms with Gasteiger partial charge in [-0.15, -0.1) is 0 Å². The minimum atomic E-state index is -3.79. The van der Waals surface area contributed by atoms with E-state index in [2.05, 4.69) is 77.9 Å². The predicted molar refractivity (Wildman–Crippen MR) is 176 cm³/mol. The Morgan fingerprint density at radius 1 is 0.844 bits per heavy atom. The highest BCUT2D eigenvalue weighted by molar-refractivity contribution is 7.89. The van der Waals surface area contributed by atoms with E-state index >= 15 is 0 Å². The Morgan fingerprint density at radius 2 is 1.47 bits per heavy atom. The number of unbranched alkanes of at least 4 members (excludes halogenated alkanes) is 1. The van der Waals surface area contributed by atoms with Crippen LogP contribution in [0.3, 0.4) is 0 Å². The van der Waals surface area contributed by atoms with Crippen LogP contribution in [0.25, 0.3) is 22.6 Å². The van der Waals surface area contributed by atoms with Gasteiger partial charge < -0.3 is 14.0 Å². The summed E-state index contributed by atoms with van der Waals surface area (Å²) in [4.78, 5) is 7.81. The van der Waals surface area contributed by atoms with Gasteiger partial charge in [0, 0.05) is 30.8 Å². The molecule has 6 rings (SSSR count). The summed E-state index contributed by atoms with van der Waals surface area (Å²) in [5.74, 6) is 2.43. The molecule has 0 saturated carbocycles. The summed E-state index contributed by atoms with van der Waals surface area (Å²) in [5, 5.41) is 5.39. The number of imidazole rings is 1. The molecule has 1 atom stereocenters. The van der Waals surface area contributed by atoms with Crippen LogP contribution < -0.4 is 14.6 Å². The van der Waals surface area contributed by atoms with E-state index < -0.39 is 10.0 Å². The number of primary sulfonamides is 1. The van der Waals surface area contributed by atoms with Crippen molar-refractivity contribution >= 4 is 10.0 Å². The van der Waals surface area contributed by atoms with Gasteiger partial charge in [0.1, 0.15) is 5.82 Å². The van der Waals surface area contributed by atoms with Crippen molar-refractivity contribution in [3.8, 4) is 34.1 Å². The molecule has 8 nitrogen and oxygen atoms in total. The van der Waals surface area contributed by atoms with Crippen molar-refractivity contribution < 1.29 is 17.9 Å². The molecule has 0 aliphatic carbocycles. The normalized spacial score (nSPS) is 13.3. The third-order valence-electron chi connectivity index (χ3n) is 8.22. The highest BCUT2D eigenvalue weighted by Crippen LogP contribution is 2.38. The number of sulfonamides is 1. The van der Waals surface area contributed by atoms with Crippen LogP contribution in [-0.4, -0.2) is 29.7 Å². The molecule has 0 bridgehead atoms. The summed E-state index contributed by atoms with van der Waals surface area (Å²) in [6.07, 6.45) is 2.07. The second kappa shape index (κ2) is 13.3. The maximum atomic E-state index is 11.9. The number of aromatic nitrogens is 2. The van der Waals surface area contributed by atoms with E-state index in [1.54, 1.807) is 12.1 Å². The van der Waals surface area contributed by atoms with Crippen LogP contribution in [0, 0.1) is 0 Å². The number of rotatable bonds is 12. The largest absolute Gasteiger partial charge is 0.454 e. The zero-order chi connectivity index (χ0) is 31.4. The molecule has 4 aromatic carbocycles. The molecule has 0 radical (unpaired) electrons. The molecule has 5 aromatic rings. The summed E-state index contributed by atoms with van der Waals surface area (Å²) in [7, 11) is -3.79. The summed E-state index contributed by atoms with van der Waals surface area (Å²) in [6.45, 7) is 6.66. The van der Waals surface area contributed by atoms with Gasteiger partial charge in [0.15, 0.2) is 11.5 Å². The molecular formula is C36H38N4O4S. The van der Waals surface area contributed by atoms with E-state index in [0.29, 0.717) is 13.1 Å². The number of nitrogens with two attached hydrogens (primary N) is 1. The molecule has 45 heavy (non-hydrogen) atoms. The van der Waals surface area contributed by atoms with E-state index in [-0.39, 0.29) is 17.7 Å². The topological polar surface area (TPSA) is 99.7 Å². The van der Waals surface area contributed by atoms with Crippen molar-refractivity contribution in [2.75, 3.05) is 6.79 Å². The number of ether oxygens (including phenoxy) is 2. The second-order valence-corrected chi connectivity index (χ2v) is 12.9. The first kappa shape index (κ1) is 30.6. The lowest BCUT2D eigenvalue weighted by Gasteiger charge is -2.31. The first-order valence-corrected chi connectivity index (χ1v) is 16.8. The highest BCUT2D eigenvalue weighted by atomic mass is 32.2. The number of fused-ring (bicyclic) bond motifs is 1. The summed E-state index contributed by atoms with van der Waals surface area (Å²) >= 11 is 0. The van der Waals surface area contributed by atoms with Crippen LogP contribution in [0.2, 0.25) is 0 Å². The maximum Gasteiger partial charge on any atom is 0.238 e. The third kappa shape index (κ3) is 6.81. The van der Waals surface area contributed by atoms with Crippen molar-refractivity contribution in [2.24, 2.45) is 5.14 Å². The second-order valence-electron chi connectivity index (χ2n) is 11.4. The molecule has 0 amide bonds. The fraction of sp³-hybridized carbons (Fsp3) is 0.250. The Morgan fingerprint density at radius 3 is 2.13 bits per heavy atom. The Labute approximate surface area is 265 Å². The van der Waals surface area contributed by atoms with Gasteiger partial charge >= 0.3 is 0 Å². The van der Waals surface area contributed by atoms with Crippen LogP contribution in [0.1, 0.15) is 49.6 Å². The van der Waals surface area contributed by atoms with Crippen LogP contribution >= 0.6 is 0 Å². The van der Waals surface area contributed by atoms with Crippen LogP contribution in [0.5, 0.6) is 11.5 Å². The van der Waals surface area contributed by atoms with E-state index in [1.807, 2.05) is 36.4 Å². The Bertz CT molecular complexity index is 1860. The first-order chi connectivity index (χ1) is 21.8. The van der Waals surface area contributed by atoms with Crippen LogP contribution in [0.4, 0.5) is 0 Å².